The fraction of sp³-hybridized carbons (Fsp3) is 0.125. The first kappa shape index (κ1) is 15.1. The highest BCUT2D eigenvalue weighted by Gasteiger charge is 2.19. The van der Waals surface area contributed by atoms with E-state index >= 15 is 0 Å². The second-order valence-electron chi connectivity index (χ2n) is 5.32. The Hall–Kier alpha value is -2.44. The van der Waals surface area contributed by atoms with Crippen LogP contribution in [0.4, 0.5) is 0 Å². The van der Waals surface area contributed by atoms with Crippen LogP contribution in [0.5, 0.6) is 0 Å². The number of halogens is 2. The average Bonchev–Trinajstić information content (AvgIpc) is 3.14. The highest BCUT2D eigenvalue weighted by molar-refractivity contribution is 6.38. The van der Waals surface area contributed by atoms with Crippen molar-refractivity contribution in [2.45, 2.75) is 6.92 Å². The maximum absolute atomic E-state index is 6.53. The second kappa shape index (κ2) is 5.58. The lowest BCUT2D eigenvalue weighted by Gasteiger charge is -2.00. The van der Waals surface area contributed by atoms with E-state index in [1.807, 2.05) is 26.1 Å². The van der Waals surface area contributed by atoms with Gasteiger partial charge in [0.25, 0.3) is 5.89 Å². The van der Waals surface area contributed by atoms with Crippen LogP contribution in [0.15, 0.2) is 35.0 Å². The largest absolute Gasteiger partial charge is 0.333 e. The van der Waals surface area contributed by atoms with Crippen LogP contribution >= 0.6 is 23.2 Å². The molecule has 0 unspecified atom stereocenters. The predicted molar refractivity (Wildman–Crippen MR) is 92.0 cm³/mol. The smallest absolute Gasteiger partial charge is 0.261 e. The Morgan fingerprint density at radius 3 is 2.62 bits per heavy atom. The molecule has 0 bridgehead atoms. The number of aryl methyl sites for hydroxylation is 2. The maximum atomic E-state index is 6.53. The van der Waals surface area contributed by atoms with Crippen LogP contribution in [0, 0.1) is 6.92 Å². The molecule has 8 heteroatoms. The van der Waals surface area contributed by atoms with Crippen molar-refractivity contribution in [3.63, 3.8) is 0 Å². The van der Waals surface area contributed by atoms with Gasteiger partial charge in [0.2, 0.25) is 5.82 Å². The Kier molecular flexibility index (Phi) is 3.51. The van der Waals surface area contributed by atoms with Crippen molar-refractivity contribution in [3.05, 3.63) is 46.2 Å². The van der Waals surface area contributed by atoms with Crippen molar-refractivity contribution in [2.75, 3.05) is 0 Å². The number of hydrogen-bond donors (Lipinski definition) is 0. The minimum Gasteiger partial charge on any atom is -0.333 e. The van der Waals surface area contributed by atoms with Gasteiger partial charge in [-0.15, -0.1) is 0 Å². The van der Waals surface area contributed by atoms with Gasteiger partial charge in [-0.2, -0.15) is 10.1 Å². The minimum absolute atomic E-state index is 0.308. The summed E-state index contributed by atoms with van der Waals surface area (Å²) in [6.07, 6.45) is 1.62. The zero-order valence-corrected chi connectivity index (χ0v) is 14.3. The lowest BCUT2D eigenvalue weighted by atomic mass is 10.2. The van der Waals surface area contributed by atoms with Crippen molar-refractivity contribution >= 4 is 34.2 Å². The molecule has 0 aliphatic rings. The molecule has 4 rings (SSSR count). The van der Waals surface area contributed by atoms with Gasteiger partial charge < -0.3 is 4.52 Å². The molecule has 0 saturated carbocycles. The molecular weight excluding hydrogens is 349 g/mol. The summed E-state index contributed by atoms with van der Waals surface area (Å²) in [6, 6.07) is 7.19. The molecule has 0 aliphatic heterocycles. The summed E-state index contributed by atoms with van der Waals surface area (Å²) in [7, 11) is 1.82. The fourth-order valence-corrected chi connectivity index (χ4v) is 3.04. The van der Waals surface area contributed by atoms with Gasteiger partial charge in [0.05, 0.1) is 21.7 Å². The number of hydrogen-bond acceptors (Lipinski definition) is 5. The van der Waals surface area contributed by atoms with Crippen LogP contribution in [0.2, 0.25) is 10.0 Å². The van der Waals surface area contributed by atoms with Gasteiger partial charge in [0.15, 0.2) is 5.65 Å². The molecule has 0 N–H and O–H groups in total. The number of rotatable bonds is 2. The van der Waals surface area contributed by atoms with Gasteiger partial charge in [-0.3, -0.25) is 4.68 Å². The summed E-state index contributed by atoms with van der Waals surface area (Å²) in [4.78, 5) is 8.82. The fourth-order valence-electron chi connectivity index (χ4n) is 2.57. The monoisotopic (exact) mass is 359 g/mol. The molecule has 0 saturated heterocycles. The van der Waals surface area contributed by atoms with Crippen molar-refractivity contribution in [1.29, 1.82) is 0 Å². The van der Waals surface area contributed by atoms with E-state index in [2.05, 4.69) is 20.2 Å². The van der Waals surface area contributed by atoms with Crippen LogP contribution in [0.1, 0.15) is 5.69 Å². The Morgan fingerprint density at radius 1 is 1.12 bits per heavy atom. The first-order chi connectivity index (χ1) is 11.5. The third-order valence-electron chi connectivity index (χ3n) is 3.72. The molecule has 0 radical (unpaired) electrons. The molecule has 0 amide bonds. The van der Waals surface area contributed by atoms with Gasteiger partial charge in [-0.05, 0) is 31.2 Å². The van der Waals surface area contributed by atoms with Crippen molar-refractivity contribution in [1.82, 2.24) is 24.9 Å². The van der Waals surface area contributed by atoms with Gasteiger partial charge in [0.1, 0.15) is 0 Å². The third-order valence-corrected chi connectivity index (χ3v) is 4.37. The van der Waals surface area contributed by atoms with E-state index < -0.39 is 0 Å². The average molecular weight is 360 g/mol. The number of aromatic nitrogens is 5. The zero-order valence-electron chi connectivity index (χ0n) is 12.8. The van der Waals surface area contributed by atoms with E-state index in [-0.39, 0.29) is 0 Å². The predicted octanol–water partition coefficient (Wildman–Crippen LogP) is 4.30. The molecule has 0 spiro atoms. The Morgan fingerprint density at radius 2 is 1.88 bits per heavy atom. The van der Waals surface area contributed by atoms with Crippen LogP contribution in [-0.4, -0.2) is 24.9 Å². The normalized spacial score (nSPS) is 11.3. The molecule has 4 aromatic rings. The standard InChI is InChI=1S/C16H11Cl2N5O/c1-8-12-13(18)11(7-19-15(12)23(2)21-8)16-20-14(22-24-16)9-3-5-10(17)6-4-9/h3-7H,1-2H3. The SMILES string of the molecule is Cc1nn(C)c2ncc(-c3nc(-c4ccc(Cl)cc4)no3)c(Cl)c12. The van der Waals surface area contributed by atoms with E-state index in [4.69, 9.17) is 27.7 Å². The molecule has 3 aromatic heterocycles. The van der Waals surface area contributed by atoms with Gasteiger partial charge in [0, 0.05) is 23.8 Å². The van der Waals surface area contributed by atoms with Crippen LogP contribution in [-0.2, 0) is 7.05 Å². The topological polar surface area (TPSA) is 69.6 Å². The lowest BCUT2D eigenvalue weighted by Crippen LogP contribution is -1.92. The number of benzene rings is 1. The lowest BCUT2D eigenvalue weighted by molar-refractivity contribution is 0.432. The molecule has 120 valence electrons. The summed E-state index contributed by atoms with van der Waals surface area (Å²) in [6.45, 7) is 1.88. The highest BCUT2D eigenvalue weighted by Crippen LogP contribution is 2.34. The van der Waals surface area contributed by atoms with E-state index in [1.165, 1.54) is 0 Å². The molecular formula is C16H11Cl2N5O. The number of fused-ring (bicyclic) bond motifs is 1. The summed E-state index contributed by atoms with van der Waals surface area (Å²) < 4.78 is 7.05. The Labute approximate surface area is 147 Å². The summed E-state index contributed by atoms with van der Waals surface area (Å²) >= 11 is 12.4. The van der Waals surface area contributed by atoms with E-state index in [9.17, 15) is 0 Å². The quantitative estimate of drug-likeness (QED) is 0.533. The first-order valence-corrected chi connectivity index (χ1v) is 7.88. The van der Waals surface area contributed by atoms with E-state index in [0.29, 0.717) is 33.0 Å². The molecule has 0 atom stereocenters. The third kappa shape index (κ3) is 2.35. The van der Waals surface area contributed by atoms with Gasteiger partial charge in [-0.1, -0.05) is 28.4 Å². The summed E-state index contributed by atoms with van der Waals surface area (Å²) in [5, 5.41) is 10.3. The van der Waals surface area contributed by atoms with E-state index in [0.717, 1.165) is 16.6 Å². The highest BCUT2D eigenvalue weighted by atomic mass is 35.5. The second-order valence-corrected chi connectivity index (χ2v) is 6.14. The van der Waals surface area contributed by atoms with Crippen molar-refractivity contribution in [3.8, 4) is 22.8 Å². The molecule has 0 fully saturated rings. The maximum Gasteiger partial charge on any atom is 0.261 e. The first-order valence-electron chi connectivity index (χ1n) is 7.12. The summed E-state index contributed by atoms with van der Waals surface area (Å²) in [5.74, 6) is 0.767. The van der Waals surface area contributed by atoms with Crippen molar-refractivity contribution in [2.24, 2.45) is 7.05 Å². The van der Waals surface area contributed by atoms with Crippen molar-refractivity contribution < 1.29 is 4.52 Å². The van der Waals surface area contributed by atoms with Crippen LogP contribution in [0.3, 0.4) is 0 Å². The van der Waals surface area contributed by atoms with Crippen LogP contribution in [0.25, 0.3) is 33.9 Å². The molecule has 6 nitrogen and oxygen atoms in total. The zero-order chi connectivity index (χ0) is 16.8. The van der Waals surface area contributed by atoms with Crippen LogP contribution < -0.4 is 0 Å². The van der Waals surface area contributed by atoms with E-state index in [1.54, 1.807) is 23.0 Å². The Balaban J connectivity index is 1.82. The van der Waals surface area contributed by atoms with Gasteiger partial charge in [-0.25, -0.2) is 4.98 Å². The molecule has 0 aliphatic carbocycles. The minimum atomic E-state index is 0.308. The number of nitrogens with zero attached hydrogens (tertiary/aromatic N) is 5. The summed E-state index contributed by atoms with van der Waals surface area (Å²) in [5.41, 5.74) is 2.88. The van der Waals surface area contributed by atoms with Gasteiger partial charge >= 0.3 is 0 Å². The Bertz CT molecular complexity index is 1050. The molecule has 24 heavy (non-hydrogen) atoms. The number of pyridine rings is 1. The molecule has 3 heterocycles. The molecule has 1 aromatic carbocycles.